The molecule has 0 heterocycles. The van der Waals surface area contributed by atoms with Gasteiger partial charge in [0.05, 0.1) is 3.17 Å². The van der Waals surface area contributed by atoms with Crippen molar-refractivity contribution in [3.8, 4) is 0 Å². The van der Waals surface area contributed by atoms with E-state index in [0.29, 0.717) is 10.2 Å². The fourth-order valence-corrected chi connectivity index (χ4v) is 1.39. The van der Waals surface area contributed by atoms with Crippen LogP contribution in [0.15, 0.2) is 10.3 Å². The van der Waals surface area contributed by atoms with E-state index >= 15 is 0 Å². The maximum Gasteiger partial charge on any atom is 0.346 e. The lowest BCUT2D eigenvalue weighted by Crippen LogP contribution is -2.05. The predicted octanol–water partition coefficient (Wildman–Crippen LogP) is 5.48. The van der Waals surface area contributed by atoms with Crippen molar-refractivity contribution < 1.29 is 9.53 Å². The number of hydrogen-bond donors (Lipinski definition) is 0. The number of carbonyl (C=O) groups excluding carboxylic acids is 1. The van der Waals surface area contributed by atoms with Crippen LogP contribution in [0.4, 0.5) is 0 Å². The van der Waals surface area contributed by atoms with Crippen molar-refractivity contribution in [2.45, 2.75) is 0 Å². The van der Waals surface area contributed by atoms with E-state index in [1.165, 1.54) is 0 Å². The van der Waals surface area contributed by atoms with Gasteiger partial charge < -0.3 is 4.74 Å². The second kappa shape index (κ2) is 9.29. The second-order valence-corrected chi connectivity index (χ2v) is 12.6. The molecule has 0 fully saturated rings. The van der Waals surface area contributed by atoms with Crippen LogP contribution < -0.4 is 0 Å². The monoisotopic (exact) mass is 867 g/mol. The van der Waals surface area contributed by atoms with Gasteiger partial charge in [-0.2, -0.15) is 0 Å². The highest BCUT2D eigenvalue weighted by molar-refractivity contribution is 14.2. The van der Waals surface area contributed by atoms with Crippen LogP contribution in [0.2, 0.25) is 0 Å². The molecule has 0 aliphatic heterocycles. The summed E-state index contributed by atoms with van der Waals surface area (Å²) in [6.07, 6.45) is 0. The molecular weight excluding hydrogens is 865 g/mol. The number of hydrogen-bond acceptors (Lipinski definition) is 2. The van der Waals surface area contributed by atoms with Crippen molar-refractivity contribution in [2.24, 2.45) is 0 Å². The molecule has 0 rings (SSSR count). The Morgan fingerprint density at radius 1 is 0.929 bits per heavy atom. The molecular formula is C6H2I6O2. The van der Waals surface area contributed by atoms with Crippen molar-refractivity contribution in [2.75, 3.05) is 6.61 Å². The van der Waals surface area contributed by atoms with Gasteiger partial charge in [-0.15, -0.1) is 0 Å². The molecule has 0 atom stereocenters. The lowest BCUT2D eigenvalue weighted by molar-refractivity contribution is -0.136. The van der Waals surface area contributed by atoms with E-state index in [0.717, 1.165) is 6.75 Å². The van der Waals surface area contributed by atoms with Crippen LogP contribution in [-0.4, -0.2) is 12.6 Å². The van der Waals surface area contributed by atoms with Gasteiger partial charge in [-0.25, -0.2) is 4.79 Å². The zero-order valence-corrected chi connectivity index (χ0v) is 19.2. The fourth-order valence-electron chi connectivity index (χ4n) is 0.324. The first-order valence-electron chi connectivity index (χ1n) is 2.93. The van der Waals surface area contributed by atoms with Gasteiger partial charge in [0, 0.05) is 3.58 Å². The molecule has 2 nitrogen and oxygen atoms in total. The minimum Gasteiger partial charge on any atom is -0.456 e. The van der Waals surface area contributed by atoms with E-state index in [-0.39, 0.29) is 5.97 Å². The molecule has 0 aromatic rings. The molecule has 0 aromatic heterocycles. The molecule has 8 heteroatoms. The van der Waals surface area contributed by atoms with Gasteiger partial charge in [0.1, 0.15) is 10.2 Å². The highest BCUT2D eigenvalue weighted by Crippen LogP contribution is 2.28. The first kappa shape index (κ1) is 17.3. The third kappa shape index (κ3) is 7.62. The van der Waals surface area contributed by atoms with E-state index in [4.69, 9.17) is 4.74 Å². The maximum atomic E-state index is 11.4. The Hall–Kier alpha value is 3.33. The summed E-state index contributed by atoms with van der Waals surface area (Å²) in [5.74, 6) is -0.257. The predicted molar refractivity (Wildman–Crippen MR) is 109 cm³/mol. The molecule has 0 bridgehead atoms. The zero-order chi connectivity index (χ0) is 11.3. The van der Waals surface area contributed by atoms with Gasteiger partial charge in [0.2, 0.25) is 0 Å². The van der Waals surface area contributed by atoms with Gasteiger partial charge in [-0.05, 0) is 136 Å². The highest BCUT2D eigenvalue weighted by Gasteiger charge is 2.11. The first-order chi connectivity index (χ1) is 6.36. The van der Waals surface area contributed by atoms with Crippen LogP contribution in [0.5, 0.6) is 0 Å². The molecule has 0 aromatic carbocycles. The third-order valence-electron chi connectivity index (χ3n) is 0.880. The van der Waals surface area contributed by atoms with Crippen molar-refractivity contribution in [3.05, 3.63) is 10.3 Å². The number of halogens is 6. The van der Waals surface area contributed by atoms with Crippen LogP contribution in [0.25, 0.3) is 0 Å². The Kier molecular flexibility index (Phi) is 11.5. The molecule has 80 valence electrons. The van der Waals surface area contributed by atoms with Gasteiger partial charge in [0.25, 0.3) is 0 Å². The molecule has 0 saturated heterocycles. The summed E-state index contributed by atoms with van der Waals surface area (Å²) in [7, 11) is 0. The van der Waals surface area contributed by atoms with Crippen LogP contribution >= 0.6 is 136 Å². The van der Waals surface area contributed by atoms with Crippen LogP contribution in [-0.2, 0) is 9.53 Å². The summed E-state index contributed by atoms with van der Waals surface area (Å²) >= 11 is 12.7. The van der Waals surface area contributed by atoms with Gasteiger partial charge in [0.15, 0.2) is 0 Å². The SMILES string of the molecule is O=C(OCC(I)=C(I)I)C(I)=C(I)I. The van der Waals surface area contributed by atoms with Crippen molar-refractivity contribution in [1.29, 1.82) is 0 Å². The third-order valence-corrected chi connectivity index (χ3v) is 9.22. The quantitative estimate of drug-likeness (QED) is 0.214. The van der Waals surface area contributed by atoms with E-state index in [1.807, 2.05) is 22.6 Å². The van der Waals surface area contributed by atoms with Crippen LogP contribution in [0.1, 0.15) is 0 Å². The van der Waals surface area contributed by atoms with Crippen molar-refractivity contribution in [1.82, 2.24) is 0 Å². The minimum absolute atomic E-state index is 0.257. The smallest absolute Gasteiger partial charge is 0.346 e. The van der Waals surface area contributed by atoms with Crippen LogP contribution in [0.3, 0.4) is 0 Å². The standard InChI is InChI=1S/C6H2I6O2/c7-2(4(9)10)1-14-6(13)3(8)5(11)12/h1H2. The number of rotatable bonds is 3. The summed E-state index contributed by atoms with van der Waals surface area (Å²) in [6.45, 7) is 0.355. The van der Waals surface area contributed by atoms with Crippen molar-refractivity contribution >= 4 is 142 Å². The van der Waals surface area contributed by atoms with E-state index < -0.39 is 0 Å². The molecule has 0 radical (unpaired) electrons. The Morgan fingerprint density at radius 2 is 1.43 bits per heavy atom. The summed E-state index contributed by atoms with van der Waals surface area (Å²) < 4.78 is 8.83. The molecule has 0 saturated carbocycles. The summed E-state index contributed by atoms with van der Waals surface area (Å²) in [5, 5.41) is 0. The largest absolute Gasteiger partial charge is 0.456 e. The first-order valence-corrected chi connectivity index (χ1v) is 9.41. The lowest BCUT2D eigenvalue weighted by atomic mass is 10.6. The molecule has 14 heavy (non-hydrogen) atoms. The Bertz CT molecular complexity index is 287. The zero-order valence-electron chi connectivity index (χ0n) is 6.29. The van der Waals surface area contributed by atoms with Crippen LogP contribution in [0, 0.1) is 0 Å². The maximum absolute atomic E-state index is 11.4. The minimum atomic E-state index is -0.257. The molecule has 0 N–H and O–H groups in total. The van der Waals surface area contributed by atoms with Gasteiger partial charge in [-0.3, -0.25) is 0 Å². The van der Waals surface area contributed by atoms with Gasteiger partial charge in [-0.1, -0.05) is 0 Å². The molecule has 0 unspecified atom stereocenters. The van der Waals surface area contributed by atoms with Gasteiger partial charge >= 0.3 is 5.97 Å². The Morgan fingerprint density at radius 3 is 1.79 bits per heavy atom. The molecule has 0 aliphatic carbocycles. The molecule has 0 spiro atoms. The average Bonchev–Trinajstić information content (AvgIpc) is 2.11. The number of carbonyl (C=O) groups is 1. The summed E-state index contributed by atoms with van der Waals surface area (Å²) in [6, 6.07) is 0. The lowest BCUT2D eigenvalue weighted by Gasteiger charge is -2.03. The number of ether oxygens (including phenoxy) is 1. The topological polar surface area (TPSA) is 26.3 Å². The summed E-state index contributed by atoms with van der Waals surface area (Å²) in [5.41, 5.74) is 0. The van der Waals surface area contributed by atoms with E-state index in [9.17, 15) is 4.79 Å². The Balaban J connectivity index is 4.26. The van der Waals surface area contributed by atoms with E-state index in [2.05, 4.69) is 113 Å². The fraction of sp³-hybridized carbons (Fsp3) is 0.167. The van der Waals surface area contributed by atoms with Crippen molar-refractivity contribution in [3.63, 3.8) is 0 Å². The summed E-state index contributed by atoms with van der Waals surface area (Å²) in [4.78, 5) is 11.4. The normalized spacial score (nSPS) is 9.29. The number of esters is 1. The second-order valence-electron chi connectivity index (χ2n) is 1.82. The Labute approximate surface area is 164 Å². The van der Waals surface area contributed by atoms with E-state index in [1.54, 1.807) is 0 Å². The average molecular weight is 868 g/mol. The highest BCUT2D eigenvalue weighted by atomic mass is 127. The molecule has 0 amide bonds. The molecule has 0 aliphatic rings.